The maximum atomic E-state index is 11.3. The van der Waals surface area contributed by atoms with E-state index in [1.165, 1.54) is 32.6 Å². The van der Waals surface area contributed by atoms with Crippen molar-refractivity contribution in [2.24, 2.45) is 0 Å². The first kappa shape index (κ1) is 30.7. The highest BCUT2D eigenvalue weighted by Gasteiger charge is 2.21. The first-order valence-corrected chi connectivity index (χ1v) is 15.0. The van der Waals surface area contributed by atoms with Crippen LogP contribution in [0, 0.1) is 0 Å². The van der Waals surface area contributed by atoms with Crippen molar-refractivity contribution in [1.29, 1.82) is 0 Å². The Bertz CT molecular complexity index is 1560. The number of aliphatic carboxylic acids is 1. The lowest BCUT2D eigenvalue weighted by Gasteiger charge is -2.22. The fourth-order valence-electron chi connectivity index (χ4n) is 5.60. The summed E-state index contributed by atoms with van der Waals surface area (Å²) >= 11 is 6.32. The Hall–Kier alpha value is -3.70. The average molecular weight is 608 g/mol. The van der Waals surface area contributed by atoms with Crippen molar-refractivity contribution >= 4 is 50.9 Å². The van der Waals surface area contributed by atoms with Crippen LogP contribution in [0.25, 0.3) is 21.9 Å². The highest BCUT2D eigenvalue weighted by Crippen LogP contribution is 2.37. The quantitative estimate of drug-likeness (QED) is 0.150. The number of carbonyl (C=O) groups is 1. The number of aliphatic hydroxyl groups excluding tert-OH is 1. The van der Waals surface area contributed by atoms with Crippen molar-refractivity contribution < 1.29 is 24.9 Å². The van der Waals surface area contributed by atoms with Crippen LogP contribution < -0.4 is 10.1 Å². The van der Waals surface area contributed by atoms with Crippen LogP contribution >= 0.6 is 11.6 Å². The molecular formula is C32H38ClN5O5. The molecule has 4 heterocycles. The van der Waals surface area contributed by atoms with Gasteiger partial charge in [0.25, 0.3) is 0 Å². The predicted molar refractivity (Wildman–Crippen MR) is 168 cm³/mol. The molecule has 228 valence electrons. The third-order valence-electron chi connectivity index (χ3n) is 7.84. The maximum Gasteiger partial charge on any atom is 0.332 e. The molecule has 4 aromatic rings. The summed E-state index contributed by atoms with van der Waals surface area (Å²) in [5.74, 6) is -0.240. The molecule has 1 unspecified atom stereocenters. The Morgan fingerprint density at radius 3 is 2.07 bits per heavy atom. The number of nitrogens with zero attached hydrogens (tertiary/aromatic N) is 4. The second-order valence-electron chi connectivity index (χ2n) is 11.1. The summed E-state index contributed by atoms with van der Waals surface area (Å²) in [7, 11) is 1.62. The molecule has 0 saturated carbocycles. The lowest BCUT2D eigenvalue weighted by molar-refractivity contribution is -0.145. The van der Waals surface area contributed by atoms with Crippen LogP contribution in [0.2, 0.25) is 5.02 Å². The molecule has 10 nitrogen and oxygen atoms in total. The van der Waals surface area contributed by atoms with Gasteiger partial charge in [0.2, 0.25) is 5.88 Å². The van der Waals surface area contributed by atoms with Gasteiger partial charge in [-0.25, -0.2) is 14.8 Å². The summed E-state index contributed by atoms with van der Waals surface area (Å²) < 4.78 is 5.43. The zero-order valence-electron chi connectivity index (χ0n) is 24.5. The number of anilines is 2. The Balaban J connectivity index is 0.000000559. The van der Waals surface area contributed by atoms with Crippen molar-refractivity contribution in [1.82, 2.24) is 19.8 Å². The van der Waals surface area contributed by atoms with E-state index in [1.807, 2.05) is 30.3 Å². The van der Waals surface area contributed by atoms with Crippen LogP contribution in [-0.2, 0) is 17.9 Å². The number of aromatic hydroxyl groups is 1. The van der Waals surface area contributed by atoms with E-state index in [1.54, 1.807) is 7.11 Å². The number of carboxylic acid groups (broad SMARTS) is 1. The third kappa shape index (κ3) is 7.45. The van der Waals surface area contributed by atoms with Crippen molar-refractivity contribution in [2.75, 3.05) is 38.6 Å². The molecule has 4 N–H and O–H groups in total. The van der Waals surface area contributed by atoms with Gasteiger partial charge < -0.3 is 25.4 Å². The number of phenols is 1. The fraction of sp³-hybridized carbons (Fsp3) is 0.406. The van der Waals surface area contributed by atoms with Crippen LogP contribution in [0.5, 0.6) is 11.6 Å². The third-order valence-corrected chi connectivity index (χ3v) is 8.08. The molecule has 2 aliphatic heterocycles. The van der Waals surface area contributed by atoms with Gasteiger partial charge in [-0.1, -0.05) is 11.6 Å². The Labute approximate surface area is 255 Å². The number of aromatic nitrogens is 2. The number of hydrogen-bond donors (Lipinski definition) is 4. The number of methoxy groups -OCH3 is 1. The van der Waals surface area contributed by atoms with Gasteiger partial charge in [-0.2, -0.15) is 0 Å². The van der Waals surface area contributed by atoms with Gasteiger partial charge in [-0.15, -0.1) is 0 Å². The molecule has 2 saturated heterocycles. The van der Waals surface area contributed by atoms with E-state index in [0.717, 1.165) is 83.7 Å². The van der Waals surface area contributed by atoms with Crippen LogP contribution in [0.1, 0.15) is 43.7 Å². The second-order valence-corrected chi connectivity index (χ2v) is 11.6. The van der Waals surface area contributed by atoms with E-state index in [0.29, 0.717) is 16.7 Å². The van der Waals surface area contributed by atoms with E-state index >= 15 is 0 Å². The first-order valence-electron chi connectivity index (χ1n) is 14.6. The zero-order chi connectivity index (χ0) is 30.5. The number of likely N-dealkylation sites (tertiary alicyclic amines) is 2. The standard InChI is InChI=1S/C29H32ClN5O2.C3H6O3/c1-37-26-9-8-24-28(33-26)27(23-7-6-21(30)16-25(23)32-24)31-22-14-19(17-34-10-2-3-11-34)29(36)20(15-22)18-35-12-4-5-13-35;1-2(4)3(5)6/h6-9,14-16,36H,2-5,10-13,17-18H2,1H3,(H,31,32);2,4H,1H3,(H,5,6). The topological polar surface area (TPSA) is 131 Å². The molecule has 2 aliphatic rings. The molecule has 1 atom stereocenters. The van der Waals surface area contributed by atoms with E-state index in [9.17, 15) is 9.90 Å². The van der Waals surface area contributed by atoms with Crippen molar-refractivity contribution in [3.05, 3.63) is 58.6 Å². The largest absolute Gasteiger partial charge is 0.507 e. The number of halogens is 1. The highest BCUT2D eigenvalue weighted by atomic mass is 35.5. The number of hydrogen-bond acceptors (Lipinski definition) is 9. The number of phenolic OH excluding ortho intramolecular Hbond substituents is 1. The lowest BCUT2D eigenvalue weighted by Crippen LogP contribution is -2.20. The SMILES string of the molecule is CC(O)C(=O)O.COc1ccc2nc3cc(Cl)ccc3c(Nc3cc(CN4CCCC4)c(O)c(CN4CCCC4)c3)c2n1. The summed E-state index contributed by atoms with van der Waals surface area (Å²) in [6, 6.07) is 13.6. The van der Waals surface area contributed by atoms with Gasteiger partial charge in [0.05, 0.1) is 23.8 Å². The second kappa shape index (κ2) is 13.7. The maximum absolute atomic E-state index is 11.3. The molecule has 11 heteroatoms. The number of ether oxygens (including phenoxy) is 1. The van der Waals surface area contributed by atoms with Crippen LogP contribution in [0.15, 0.2) is 42.5 Å². The summed E-state index contributed by atoms with van der Waals surface area (Å²) in [4.78, 5) is 23.8. The van der Waals surface area contributed by atoms with Gasteiger partial charge in [0, 0.05) is 46.4 Å². The molecule has 2 fully saturated rings. The minimum Gasteiger partial charge on any atom is -0.507 e. The number of pyridine rings is 2. The first-order chi connectivity index (χ1) is 20.7. The summed E-state index contributed by atoms with van der Waals surface area (Å²) in [5, 5.41) is 32.3. The molecule has 2 aromatic carbocycles. The smallest absolute Gasteiger partial charge is 0.332 e. The highest BCUT2D eigenvalue weighted by molar-refractivity contribution is 6.31. The number of benzene rings is 2. The molecule has 2 aromatic heterocycles. The number of fused-ring (bicyclic) bond motifs is 2. The van der Waals surface area contributed by atoms with Crippen molar-refractivity contribution in [2.45, 2.75) is 51.8 Å². The monoisotopic (exact) mass is 607 g/mol. The Morgan fingerprint density at radius 2 is 1.53 bits per heavy atom. The molecule has 0 spiro atoms. The predicted octanol–water partition coefficient (Wildman–Crippen LogP) is 5.54. The molecule has 0 amide bonds. The van der Waals surface area contributed by atoms with E-state index in [2.05, 4.69) is 27.2 Å². The molecular weight excluding hydrogens is 570 g/mol. The van der Waals surface area contributed by atoms with Gasteiger partial charge in [0.15, 0.2) is 0 Å². The Kier molecular flexibility index (Phi) is 9.82. The van der Waals surface area contributed by atoms with Crippen LogP contribution in [0.4, 0.5) is 11.4 Å². The molecule has 43 heavy (non-hydrogen) atoms. The van der Waals surface area contributed by atoms with Gasteiger partial charge in [-0.3, -0.25) is 9.80 Å². The van der Waals surface area contributed by atoms with E-state index in [-0.39, 0.29) is 0 Å². The summed E-state index contributed by atoms with van der Waals surface area (Å²) in [6.07, 6.45) is 3.62. The van der Waals surface area contributed by atoms with Gasteiger partial charge >= 0.3 is 5.97 Å². The average Bonchev–Trinajstić information content (AvgIpc) is 3.70. The number of aliphatic hydroxyl groups is 1. The van der Waals surface area contributed by atoms with Gasteiger partial charge in [0.1, 0.15) is 17.4 Å². The van der Waals surface area contributed by atoms with Crippen LogP contribution in [0.3, 0.4) is 0 Å². The van der Waals surface area contributed by atoms with Gasteiger partial charge in [-0.05, 0) is 95.2 Å². The molecule has 0 bridgehead atoms. The summed E-state index contributed by atoms with van der Waals surface area (Å²) in [6.45, 7) is 6.97. The lowest BCUT2D eigenvalue weighted by atomic mass is 10.0. The van der Waals surface area contributed by atoms with E-state index < -0.39 is 12.1 Å². The molecule has 6 rings (SSSR count). The fourth-order valence-corrected chi connectivity index (χ4v) is 5.76. The van der Waals surface area contributed by atoms with Crippen LogP contribution in [-0.4, -0.2) is 80.4 Å². The van der Waals surface area contributed by atoms with E-state index in [4.69, 9.17) is 36.5 Å². The van der Waals surface area contributed by atoms with Crippen molar-refractivity contribution in [3.8, 4) is 11.6 Å². The zero-order valence-corrected chi connectivity index (χ0v) is 25.3. The number of carboxylic acids is 1. The Morgan fingerprint density at radius 1 is 0.953 bits per heavy atom. The normalized spacial score (nSPS) is 16.3. The minimum absolute atomic E-state index is 0.417. The molecule has 0 aliphatic carbocycles. The number of rotatable bonds is 8. The molecule has 0 radical (unpaired) electrons. The van der Waals surface area contributed by atoms with Crippen molar-refractivity contribution in [3.63, 3.8) is 0 Å². The summed E-state index contributed by atoms with van der Waals surface area (Å²) in [5.41, 5.74) is 5.96. The number of nitrogens with one attached hydrogen (secondary N) is 1. The minimum atomic E-state index is -1.23.